The molecule has 90 heavy (non-hydrogen) atoms. The van der Waals surface area contributed by atoms with E-state index in [9.17, 15) is 19.8 Å². The molecule has 0 radical (unpaired) electrons. The predicted octanol–water partition coefficient (Wildman–Crippen LogP) is 27.4. The molecular formula is C84H161NO5. The van der Waals surface area contributed by atoms with Crippen molar-refractivity contribution >= 4 is 11.9 Å². The van der Waals surface area contributed by atoms with Crippen molar-refractivity contribution in [2.45, 2.75) is 475 Å². The van der Waals surface area contributed by atoms with Crippen LogP contribution in [0.5, 0.6) is 0 Å². The van der Waals surface area contributed by atoms with Gasteiger partial charge < -0.3 is 20.3 Å². The number of unbranched alkanes of at least 4 members (excludes halogenated alkanes) is 61. The topological polar surface area (TPSA) is 95.9 Å². The van der Waals surface area contributed by atoms with Gasteiger partial charge in [0, 0.05) is 12.8 Å². The lowest BCUT2D eigenvalue weighted by molar-refractivity contribution is -0.143. The summed E-state index contributed by atoms with van der Waals surface area (Å²) in [4.78, 5) is 24.6. The van der Waals surface area contributed by atoms with Gasteiger partial charge in [-0.25, -0.2) is 0 Å². The number of esters is 1. The molecule has 2 unspecified atom stereocenters. The summed E-state index contributed by atoms with van der Waals surface area (Å²) in [5.41, 5.74) is 0. The van der Waals surface area contributed by atoms with Crippen LogP contribution in [0.25, 0.3) is 0 Å². The van der Waals surface area contributed by atoms with E-state index >= 15 is 0 Å². The van der Waals surface area contributed by atoms with E-state index in [2.05, 4.69) is 55.6 Å². The van der Waals surface area contributed by atoms with Crippen molar-refractivity contribution in [2.75, 3.05) is 13.2 Å². The SMILES string of the molecule is CCCCCCCC/C=C\CCCCCCCC(=O)OCCCCCCCCCCCCCCCCC/C=C\C/C=C\CCCCCCCCCCCCCCCCCCCC(=O)NC(CO)C(O)CCCCCCCCCCCCCCCCCCCCC. The lowest BCUT2D eigenvalue weighted by atomic mass is 10.0. The molecule has 0 aromatic heterocycles. The number of carbonyl (C=O) groups excluding carboxylic acids is 2. The maximum atomic E-state index is 12.6. The van der Waals surface area contributed by atoms with Gasteiger partial charge in [-0.15, -0.1) is 0 Å². The number of amides is 1. The number of aliphatic hydroxyl groups excluding tert-OH is 2. The first-order valence-corrected chi connectivity index (χ1v) is 41.2. The molecule has 0 aliphatic carbocycles. The second-order valence-corrected chi connectivity index (χ2v) is 28.5. The molecule has 0 aliphatic rings. The van der Waals surface area contributed by atoms with Gasteiger partial charge in [0.15, 0.2) is 0 Å². The third kappa shape index (κ3) is 75.1. The fourth-order valence-corrected chi connectivity index (χ4v) is 13.1. The molecule has 0 aromatic rings. The van der Waals surface area contributed by atoms with Crippen molar-refractivity contribution in [2.24, 2.45) is 0 Å². The van der Waals surface area contributed by atoms with Crippen LogP contribution in [0.1, 0.15) is 463 Å². The second-order valence-electron chi connectivity index (χ2n) is 28.5. The minimum atomic E-state index is -0.663. The molecule has 0 spiro atoms. The van der Waals surface area contributed by atoms with E-state index in [0.717, 1.165) is 51.4 Å². The maximum absolute atomic E-state index is 12.6. The molecule has 0 fully saturated rings. The van der Waals surface area contributed by atoms with E-state index in [1.54, 1.807) is 0 Å². The van der Waals surface area contributed by atoms with Gasteiger partial charge >= 0.3 is 5.97 Å². The van der Waals surface area contributed by atoms with Crippen molar-refractivity contribution < 1.29 is 24.5 Å². The van der Waals surface area contributed by atoms with Crippen LogP contribution in [0.2, 0.25) is 0 Å². The number of rotatable bonds is 78. The van der Waals surface area contributed by atoms with E-state index in [1.807, 2.05) is 0 Å². The van der Waals surface area contributed by atoms with Crippen molar-refractivity contribution in [3.63, 3.8) is 0 Å². The summed E-state index contributed by atoms with van der Waals surface area (Å²) >= 11 is 0. The largest absolute Gasteiger partial charge is 0.466 e. The zero-order valence-electron chi connectivity index (χ0n) is 61.1. The smallest absolute Gasteiger partial charge is 0.305 e. The van der Waals surface area contributed by atoms with Crippen molar-refractivity contribution in [1.29, 1.82) is 0 Å². The van der Waals surface area contributed by atoms with E-state index in [1.165, 1.54) is 379 Å². The highest BCUT2D eigenvalue weighted by molar-refractivity contribution is 5.76. The maximum Gasteiger partial charge on any atom is 0.305 e. The normalized spacial score (nSPS) is 12.6. The number of hydrogen-bond donors (Lipinski definition) is 3. The highest BCUT2D eigenvalue weighted by Gasteiger charge is 2.20. The lowest BCUT2D eigenvalue weighted by Gasteiger charge is -2.22. The van der Waals surface area contributed by atoms with Gasteiger partial charge in [-0.3, -0.25) is 9.59 Å². The van der Waals surface area contributed by atoms with Gasteiger partial charge in [0.1, 0.15) is 0 Å². The van der Waals surface area contributed by atoms with E-state index in [-0.39, 0.29) is 18.5 Å². The number of nitrogens with one attached hydrogen (secondary N) is 1. The van der Waals surface area contributed by atoms with Gasteiger partial charge in [-0.05, 0) is 83.5 Å². The molecule has 0 saturated carbocycles. The molecule has 0 bridgehead atoms. The summed E-state index contributed by atoms with van der Waals surface area (Å²) in [5, 5.41) is 23.4. The van der Waals surface area contributed by atoms with Crippen LogP contribution in [0.15, 0.2) is 36.5 Å². The Balaban J connectivity index is 3.35. The fraction of sp³-hybridized carbons (Fsp3) is 0.905. The van der Waals surface area contributed by atoms with E-state index < -0.39 is 12.1 Å². The third-order valence-electron chi connectivity index (χ3n) is 19.4. The van der Waals surface area contributed by atoms with Crippen LogP contribution in [-0.2, 0) is 14.3 Å². The van der Waals surface area contributed by atoms with E-state index in [4.69, 9.17) is 4.74 Å². The molecule has 6 heteroatoms. The zero-order chi connectivity index (χ0) is 64.9. The Labute approximate surface area is 564 Å². The molecule has 0 heterocycles. The minimum Gasteiger partial charge on any atom is -0.466 e. The van der Waals surface area contributed by atoms with Crippen molar-refractivity contribution in [1.82, 2.24) is 5.32 Å². The van der Waals surface area contributed by atoms with Crippen LogP contribution < -0.4 is 5.32 Å². The molecule has 0 saturated heterocycles. The minimum absolute atomic E-state index is 0.0131. The summed E-state index contributed by atoms with van der Waals surface area (Å²) in [7, 11) is 0. The number of ether oxygens (including phenoxy) is 1. The molecule has 0 aliphatic heterocycles. The summed E-state index contributed by atoms with van der Waals surface area (Å²) in [5.74, 6) is -0.0141. The Kier molecular flexibility index (Phi) is 77.8. The Bertz CT molecular complexity index is 1460. The van der Waals surface area contributed by atoms with Gasteiger partial charge in [-0.2, -0.15) is 0 Å². The number of hydrogen-bond acceptors (Lipinski definition) is 5. The monoisotopic (exact) mass is 1260 g/mol. The molecule has 1 amide bonds. The van der Waals surface area contributed by atoms with Gasteiger partial charge in [0.2, 0.25) is 5.91 Å². The van der Waals surface area contributed by atoms with Gasteiger partial charge in [-0.1, -0.05) is 403 Å². The summed E-state index contributed by atoms with van der Waals surface area (Å²) in [6.07, 6.45) is 104. The van der Waals surface area contributed by atoms with Crippen LogP contribution >= 0.6 is 0 Å². The summed E-state index contributed by atoms with van der Waals surface area (Å²) in [6, 6.07) is -0.540. The van der Waals surface area contributed by atoms with Crippen LogP contribution in [0, 0.1) is 0 Å². The molecule has 0 aromatic carbocycles. The van der Waals surface area contributed by atoms with Gasteiger partial charge in [0.25, 0.3) is 0 Å². The van der Waals surface area contributed by atoms with Crippen molar-refractivity contribution in [3.8, 4) is 0 Å². The summed E-state index contributed by atoms with van der Waals surface area (Å²) in [6.45, 7) is 4.99. The average Bonchev–Trinajstić information content (AvgIpc) is 3.62. The van der Waals surface area contributed by atoms with E-state index in [0.29, 0.717) is 25.9 Å². The van der Waals surface area contributed by atoms with Gasteiger partial charge in [0.05, 0.1) is 25.4 Å². The molecule has 2 atom stereocenters. The highest BCUT2D eigenvalue weighted by atomic mass is 16.5. The average molecular weight is 1270 g/mol. The van der Waals surface area contributed by atoms with Crippen LogP contribution in [0.4, 0.5) is 0 Å². The Hall–Kier alpha value is -1.92. The number of carbonyl (C=O) groups is 2. The lowest BCUT2D eigenvalue weighted by Crippen LogP contribution is -2.45. The fourth-order valence-electron chi connectivity index (χ4n) is 13.1. The Morgan fingerprint density at radius 3 is 0.856 bits per heavy atom. The third-order valence-corrected chi connectivity index (χ3v) is 19.4. The zero-order valence-corrected chi connectivity index (χ0v) is 61.1. The van der Waals surface area contributed by atoms with Crippen LogP contribution in [0.3, 0.4) is 0 Å². The molecule has 6 nitrogen and oxygen atoms in total. The quantitative estimate of drug-likeness (QED) is 0.0320. The molecule has 3 N–H and O–H groups in total. The molecule has 0 rings (SSSR count). The first-order chi connectivity index (χ1) is 44.5. The Morgan fingerprint density at radius 1 is 0.311 bits per heavy atom. The standard InChI is InChI=1S/C84H161NO5/c1-3-5-7-9-11-13-15-17-19-20-42-45-49-52-56-60-64-68-72-76-82(87)81(80-86)85-83(88)77-73-69-65-61-57-53-50-46-43-40-38-36-34-32-30-28-26-24-22-21-23-25-27-29-31-33-35-37-39-41-44-47-51-55-59-63-67-71-75-79-90-84(89)78-74-70-66-62-58-54-48-18-16-14-12-10-8-6-4-2/h18,21-22,25,27,48,81-82,86-87H,3-17,19-20,23-24,26,28-47,49-80H2,1-2H3,(H,85,88)/b22-21-,27-25-,48-18-. The Morgan fingerprint density at radius 2 is 0.556 bits per heavy atom. The van der Waals surface area contributed by atoms with Crippen molar-refractivity contribution in [3.05, 3.63) is 36.5 Å². The summed E-state index contributed by atoms with van der Waals surface area (Å²) < 4.78 is 5.50. The predicted molar refractivity (Wildman–Crippen MR) is 398 cm³/mol. The highest BCUT2D eigenvalue weighted by Crippen LogP contribution is 2.20. The first-order valence-electron chi connectivity index (χ1n) is 41.2. The second kappa shape index (κ2) is 79.5. The molecular weight excluding hydrogens is 1100 g/mol. The number of aliphatic hydroxyl groups is 2. The number of allylic oxidation sites excluding steroid dienone is 6. The van der Waals surface area contributed by atoms with Crippen LogP contribution in [-0.4, -0.2) is 47.4 Å². The first kappa shape index (κ1) is 88.1. The molecule has 532 valence electrons.